The molecule has 6 nitrogen and oxygen atoms in total. The van der Waals surface area contributed by atoms with Crippen molar-refractivity contribution in [2.75, 3.05) is 0 Å². The van der Waals surface area contributed by atoms with Crippen LogP contribution in [0.3, 0.4) is 0 Å². The third-order valence-electron chi connectivity index (χ3n) is 12.2. The summed E-state index contributed by atoms with van der Waals surface area (Å²) >= 11 is 0. The van der Waals surface area contributed by atoms with Gasteiger partial charge in [0.2, 0.25) is 0 Å². The second kappa shape index (κ2) is 13.1. The molecule has 0 saturated carbocycles. The van der Waals surface area contributed by atoms with Crippen LogP contribution in [-0.2, 0) is 0 Å². The third kappa shape index (κ3) is 5.06. The van der Waals surface area contributed by atoms with Crippen LogP contribution in [-0.4, -0.2) is 24.1 Å². The first-order valence-electron chi connectivity index (χ1n) is 20.5. The van der Waals surface area contributed by atoms with Gasteiger partial charge in [-0.15, -0.1) is 0 Å². The Bertz CT molecular complexity index is 3870. The fourth-order valence-electron chi connectivity index (χ4n) is 9.46. The van der Waals surface area contributed by atoms with E-state index in [4.69, 9.17) is 19.4 Å². The first-order valence-corrected chi connectivity index (χ1v) is 20.5. The fraction of sp³-hybridized carbons (Fsp3) is 0. The maximum atomic E-state index is 6.51. The van der Waals surface area contributed by atoms with Gasteiger partial charge in [0.15, 0.2) is 17.5 Å². The minimum Gasteiger partial charge on any atom is -0.455 e. The summed E-state index contributed by atoms with van der Waals surface area (Å²) in [7, 11) is 0. The molecule has 0 aliphatic heterocycles. The van der Waals surface area contributed by atoms with Gasteiger partial charge in [-0.1, -0.05) is 140 Å². The number of fused-ring (bicyclic) bond motifs is 11. The van der Waals surface area contributed by atoms with Crippen molar-refractivity contribution < 1.29 is 4.42 Å². The summed E-state index contributed by atoms with van der Waals surface area (Å²) in [5.41, 5.74) is 11.0. The molecule has 0 unspecified atom stereocenters. The smallest absolute Gasteiger partial charge is 0.167 e. The topological polar surface area (TPSA) is 61.7 Å². The summed E-state index contributed by atoms with van der Waals surface area (Å²) in [6.45, 7) is 0. The van der Waals surface area contributed by atoms with Crippen molar-refractivity contribution in [3.05, 3.63) is 200 Å². The normalized spacial score (nSPS) is 11.9. The summed E-state index contributed by atoms with van der Waals surface area (Å²) in [4.78, 5) is 15.6. The van der Waals surface area contributed by atoms with Gasteiger partial charge in [0.05, 0.1) is 27.6 Å². The highest BCUT2D eigenvalue weighted by Gasteiger charge is 2.22. The molecule has 9 aromatic carbocycles. The number of rotatable bonds is 5. The molecular formula is C55H33N5O. The maximum absolute atomic E-state index is 6.51. The van der Waals surface area contributed by atoms with Gasteiger partial charge < -0.3 is 13.6 Å². The summed E-state index contributed by atoms with van der Waals surface area (Å²) in [5.74, 6) is 1.74. The minimum atomic E-state index is 0.556. The number of nitrogens with zero attached hydrogens (tertiary/aromatic N) is 5. The zero-order valence-corrected chi connectivity index (χ0v) is 32.7. The van der Waals surface area contributed by atoms with Crippen molar-refractivity contribution in [1.29, 1.82) is 0 Å². The predicted molar refractivity (Wildman–Crippen MR) is 250 cm³/mol. The standard InChI is InChI=1S/C55H33N5O/c1-2-16-36(17-3-1)59-47-25-9-6-19-39(47)42-32-33-43-40-20-7-10-26-48(40)60(51(43)50(42)59)37-30-28-35(29-31-37)53-56-54(45-23-12-15-34-14-4-5-18-38(34)45)58-55(57-53)46-24-13-22-44-41-21-8-11-27-49(41)61-52(44)46/h1-33H. The third-order valence-corrected chi connectivity index (χ3v) is 12.2. The van der Waals surface area contributed by atoms with Gasteiger partial charge in [-0.2, -0.15) is 0 Å². The molecule has 0 aliphatic rings. The summed E-state index contributed by atoms with van der Waals surface area (Å²) in [6.07, 6.45) is 0. The molecular weight excluding hydrogens is 747 g/mol. The summed E-state index contributed by atoms with van der Waals surface area (Å²) < 4.78 is 11.3. The second-order valence-corrected chi connectivity index (χ2v) is 15.6. The number of hydrogen-bond donors (Lipinski definition) is 0. The SMILES string of the molecule is c1ccc(-n2c3ccccc3c3ccc4c5ccccc5n(-c5ccc(-c6nc(-c7cccc8ccccc78)nc(-c7cccc8c7oc7ccccc78)n6)cc5)c4c32)cc1. The van der Waals surface area contributed by atoms with Crippen LogP contribution in [0.4, 0.5) is 0 Å². The van der Waals surface area contributed by atoms with Gasteiger partial charge >= 0.3 is 0 Å². The molecule has 0 bridgehead atoms. The lowest BCUT2D eigenvalue weighted by molar-refractivity contribution is 0.669. The monoisotopic (exact) mass is 779 g/mol. The average molecular weight is 780 g/mol. The quantitative estimate of drug-likeness (QED) is 0.175. The Morgan fingerprint density at radius 2 is 0.836 bits per heavy atom. The highest BCUT2D eigenvalue weighted by atomic mass is 16.3. The van der Waals surface area contributed by atoms with Crippen LogP contribution in [0.25, 0.3) is 122 Å². The zero-order chi connectivity index (χ0) is 40.0. The Labute approximate surface area is 349 Å². The second-order valence-electron chi connectivity index (χ2n) is 15.6. The van der Waals surface area contributed by atoms with E-state index >= 15 is 0 Å². The zero-order valence-electron chi connectivity index (χ0n) is 32.7. The van der Waals surface area contributed by atoms with Crippen LogP contribution in [0.2, 0.25) is 0 Å². The van der Waals surface area contributed by atoms with Crippen molar-refractivity contribution in [2.45, 2.75) is 0 Å². The maximum Gasteiger partial charge on any atom is 0.167 e. The molecule has 0 amide bonds. The lowest BCUT2D eigenvalue weighted by atomic mass is 10.0. The molecule has 4 heterocycles. The van der Waals surface area contributed by atoms with Gasteiger partial charge in [-0.05, 0) is 71.4 Å². The van der Waals surface area contributed by atoms with Gasteiger partial charge in [0.25, 0.3) is 0 Å². The molecule has 0 atom stereocenters. The summed E-state index contributed by atoms with van der Waals surface area (Å²) in [6, 6.07) is 70.3. The van der Waals surface area contributed by atoms with Crippen molar-refractivity contribution >= 4 is 76.3 Å². The number of para-hydroxylation sites is 5. The molecule has 284 valence electrons. The molecule has 61 heavy (non-hydrogen) atoms. The number of hydrogen-bond acceptors (Lipinski definition) is 4. The fourth-order valence-corrected chi connectivity index (χ4v) is 9.46. The minimum absolute atomic E-state index is 0.556. The number of furan rings is 1. The van der Waals surface area contributed by atoms with Crippen LogP contribution < -0.4 is 0 Å². The molecule has 0 radical (unpaired) electrons. The largest absolute Gasteiger partial charge is 0.455 e. The Kier molecular flexibility index (Phi) is 7.21. The van der Waals surface area contributed by atoms with Crippen LogP contribution in [0.1, 0.15) is 0 Å². The van der Waals surface area contributed by atoms with Crippen LogP contribution in [0.15, 0.2) is 205 Å². The molecule has 4 aromatic heterocycles. The Hall–Kier alpha value is -8.35. The van der Waals surface area contributed by atoms with Crippen molar-refractivity contribution in [3.8, 4) is 45.5 Å². The van der Waals surface area contributed by atoms with Crippen molar-refractivity contribution in [2.24, 2.45) is 0 Å². The first kappa shape index (κ1) is 33.6. The lowest BCUT2D eigenvalue weighted by Gasteiger charge is -2.13. The van der Waals surface area contributed by atoms with E-state index in [9.17, 15) is 0 Å². The van der Waals surface area contributed by atoms with E-state index in [0.29, 0.717) is 17.5 Å². The highest BCUT2D eigenvalue weighted by molar-refractivity contribution is 6.24. The average Bonchev–Trinajstić information content (AvgIpc) is 4.00. The molecule has 0 spiro atoms. The van der Waals surface area contributed by atoms with Crippen molar-refractivity contribution in [1.82, 2.24) is 24.1 Å². The molecule has 6 heteroatoms. The molecule has 0 fully saturated rings. The Balaban J connectivity index is 1.04. The van der Waals surface area contributed by atoms with Crippen LogP contribution in [0, 0.1) is 0 Å². The number of benzene rings is 9. The van der Waals surface area contributed by atoms with Crippen LogP contribution >= 0.6 is 0 Å². The van der Waals surface area contributed by atoms with Gasteiger partial charge in [-0.25, -0.2) is 15.0 Å². The van der Waals surface area contributed by atoms with E-state index < -0.39 is 0 Å². The van der Waals surface area contributed by atoms with Crippen molar-refractivity contribution in [3.63, 3.8) is 0 Å². The molecule has 13 rings (SSSR count). The molecule has 0 aliphatic carbocycles. The molecule has 0 N–H and O–H groups in total. The van der Waals surface area contributed by atoms with E-state index in [1.807, 2.05) is 24.3 Å². The van der Waals surface area contributed by atoms with E-state index in [-0.39, 0.29) is 0 Å². The highest BCUT2D eigenvalue weighted by Crippen LogP contribution is 2.42. The van der Waals surface area contributed by atoms with Crippen LogP contribution in [0.5, 0.6) is 0 Å². The van der Waals surface area contributed by atoms with Gasteiger partial charge in [0.1, 0.15) is 11.2 Å². The van der Waals surface area contributed by atoms with Gasteiger partial charge in [-0.3, -0.25) is 0 Å². The van der Waals surface area contributed by atoms with Gasteiger partial charge in [0, 0.05) is 54.8 Å². The molecule has 0 saturated heterocycles. The number of aromatic nitrogens is 5. The van der Waals surface area contributed by atoms with E-state index in [2.05, 4.69) is 185 Å². The van der Waals surface area contributed by atoms with E-state index in [1.165, 1.54) is 32.6 Å². The Morgan fingerprint density at radius 1 is 0.328 bits per heavy atom. The summed E-state index contributed by atoms with van der Waals surface area (Å²) in [5, 5.41) is 9.13. The Morgan fingerprint density at radius 3 is 1.56 bits per heavy atom. The van der Waals surface area contributed by atoms with E-state index in [0.717, 1.165) is 71.8 Å². The molecule has 13 aromatic rings. The predicted octanol–water partition coefficient (Wildman–Crippen LogP) is 14.1. The lowest BCUT2D eigenvalue weighted by Crippen LogP contribution is -2.01. The van der Waals surface area contributed by atoms with E-state index in [1.54, 1.807) is 0 Å². The first-order chi connectivity index (χ1) is 30.3.